The molecule has 6 aromatic rings. The molecule has 0 radical (unpaired) electrons. The molecular formula is C105H146Cl3F3N8O9. The van der Waals surface area contributed by atoms with Gasteiger partial charge in [-0.05, 0) is 189 Å². The normalized spacial score (nSPS) is 18.1. The van der Waals surface area contributed by atoms with Crippen LogP contribution in [-0.2, 0) is 46.8 Å². The predicted octanol–water partition coefficient (Wildman–Crippen LogP) is 21.3. The van der Waals surface area contributed by atoms with Gasteiger partial charge in [-0.1, -0.05) is 209 Å². The first kappa shape index (κ1) is 103. The molecule has 2 amide bonds. The summed E-state index contributed by atoms with van der Waals surface area (Å²) in [4.78, 5) is 100. The third-order valence-electron chi connectivity index (χ3n) is 27.1. The van der Waals surface area contributed by atoms with Crippen molar-refractivity contribution in [3.05, 3.63) is 184 Å². The monoisotopic (exact) mass is 1830 g/mol. The number of amides is 2. The molecule has 6 aliphatic rings. The Morgan fingerprint density at radius 3 is 1.18 bits per heavy atom. The number of nitrogens with zero attached hydrogens (tertiary/aromatic N) is 8. The third-order valence-corrected chi connectivity index (χ3v) is 27.8. The van der Waals surface area contributed by atoms with Gasteiger partial charge < -0.3 is 43.6 Å². The van der Waals surface area contributed by atoms with Gasteiger partial charge in [0.15, 0.2) is 17.3 Å². The summed E-state index contributed by atoms with van der Waals surface area (Å²) in [7, 11) is 6.48. The van der Waals surface area contributed by atoms with E-state index in [1.807, 2.05) is 73.7 Å². The van der Waals surface area contributed by atoms with Gasteiger partial charge in [0.2, 0.25) is 11.8 Å². The number of ketones is 4. The summed E-state index contributed by atoms with van der Waals surface area (Å²) in [6.45, 7) is 30.1. The fraction of sp³-hybridized carbons (Fsp3) is 0.600. The van der Waals surface area contributed by atoms with Crippen LogP contribution in [0.25, 0.3) is 0 Å². The van der Waals surface area contributed by atoms with Gasteiger partial charge >= 0.3 is 6.18 Å². The molecule has 4 atom stereocenters. The number of halogens is 6. The van der Waals surface area contributed by atoms with E-state index in [4.69, 9.17) is 49.0 Å². The van der Waals surface area contributed by atoms with Crippen LogP contribution < -0.4 is 24.0 Å². The molecule has 12 rings (SSSR count). The summed E-state index contributed by atoms with van der Waals surface area (Å²) in [5.74, 6) is 0.239. The van der Waals surface area contributed by atoms with Gasteiger partial charge in [-0.3, -0.25) is 38.6 Å². The summed E-state index contributed by atoms with van der Waals surface area (Å²) < 4.78 is 59.7. The van der Waals surface area contributed by atoms with E-state index in [-0.39, 0.29) is 69.8 Å². The number of carbonyl (C=O) groups is 6. The number of unbranched alkanes of at least 4 members (excludes halogenated alkanes) is 1. The number of rotatable bonds is 40. The Labute approximate surface area is 778 Å². The molecule has 6 aromatic carbocycles. The first-order valence-corrected chi connectivity index (χ1v) is 49.4. The van der Waals surface area contributed by atoms with Crippen LogP contribution >= 0.6 is 34.8 Å². The fourth-order valence-electron chi connectivity index (χ4n) is 19.3. The lowest BCUT2D eigenvalue weighted by Gasteiger charge is -2.34. The number of likely N-dealkylation sites (N-methyl/N-ethyl adjacent to an activating group) is 3. The summed E-state index contributed by atoms with van der Waals surface area (Å²) in [5.41, 5.74) is 6.19. The van der Waals surface area contributed by atoms with Crippen LogP contribution in [-0.4, -0.2) is 221 Å². The topological polar surface area (TPSA) is 156 Å². The van der Waals surface area contributed by atoms with Gasteiger partial charge in [0, 0.05) is 129 Å². The third kappa shape index (κ3) is 31.5. The highest BCUT2D eigenvalue weighted by Gasteiger charge is 2.41. The molecule has 3 heterocycles. The summed E-state index contributed by atoms with van der Waals surface area (Å²) >= 11 is 18.5. The number of ether oxygens (including phenoxy) is 3. The van der Waals surface area contributed by atoms with Crippen molar-refractivity contribution in [3.63, 3.8) is 0 Å². The average molecular weight is 1830 g/mol. The van der Waals surface area contributed by atoms with Crippen molar-refractivity contribution in [1.82, 2.24) is 29.4 Å². The van der Waals surface area contributed by atoms with E-state index in [1.165, 1.54) is 68.0 Å². The van der Waals surface area contributed by atoms with E-state index in [1.54, 1.807) is 29.2 Å². The Bertz CT molecular complexity index is 4400. The lowest BCUT2D eigenvalue weighted by molar-refractivity contribution is -0.138. The maximum Gasteiger partial charge on any atom is 0.416 e. The number of benzene rings is 6. The number of piperazine rings is 3. The molecule has 6 fully saturated rings. The number of hydrogen-bond donors (Lipinski definition) is 0. The Morgan fingerprint density at radius 1 is 0.422 bits per heavy atom. The predicted molar refractivity (Wildman–Crippen MR) is 514 cm³/mol. The minimum atomic E-state index is -4.61. The van der Waals surface area contributed by atoms with Crippen LogP contribution in [0, 0.1) is 31.6 Å². The van der Waals surface area contributed by atoms with Crippen LogP contribution in [0.2, 0.25) is 0 Å². The van der Waals surface area contributed by atoms with Crippen LogP contribution in [0.15, 0.2) is 133 Å². The van der Waals surface area contributed by atoms with Gasteiger partial charge in [0.25, 0.3) is 0 Å². The van der Waals surface area contributed by atoms with Crippen molar-refractivity contribution in [3.8, 4) is 17.2 Å². The molecule has 702 valence electrons. The Hall–Kier alpha value is -7.24. The number of anilines is 2. The zero-order chi connectivity index (χ0) is 91.7. The van der Waals surface area contributed by atoms with Gasteiger partial charge in [-0.2, -0.15) is 13.2 Å². The average Bonchev–Trinajstić information content (AvgIpc) is 0.778. The highest BCUT2D eigenvalue weighted by molar-refractivity contribution is 6.31. The molecule has 3 aliphatic carbocycles. The van der Waals surface area contributed by atoms with Crippen LogP contribution in [0.1, 0.15) is 249 Å². The Kier molecular flexibility index (Phi) is 42.0. The van der Waals surface area contributed by atoms with Crippen molar-refractivity contribution < 1.29 is 56.1 Å². The molecule has 0 N–H and O–H groups in total. The van der Waals surface area contributed by atoms with E-state index >= 15 is 0 Å². The quantitative estimate of drug-likeness (QED) is 0.0264. The number of hydrogen-bond acceptors (Lipinski definition) is 15. The smallest absolute Gasteiger partial charge is 0.416 e. The standard InChI is InChI=1S/C36H52ClN3O3.C36H51ClN2O3.C33H43ClF3N3O3/c1-4-5-10-30-13-18-33(28(2)25-30)40(35(42)27-37)36(34(41)26-29-11-7-6-8-12-29)31-14-16-32(17-15-31)43-24-9-19-39-22-20-38(3)21-23-39;1-36(2,3)30-13-8-12-29(25-30)35(33(41)26-37)34(32(40)24-27-10-6-5-7-11-27)28-14-16-31(17-15-28)42-23-9-18-39-21-19-38(4)20-22-39;1-24-28(33(35,36)37)10-6-11-29(24)40(31(42)23-34)32(30(41)22-25-8-4-3-5-9-25)26-12-14-27(15-13-26)43-21-7-16-39-19-17-38(2)18-20-39/h13-18,25,29,36H,4-12,19-24,26-27H2,1-3H3;8,12-17,25,27,34-35H,5-7,9-11,18-24,26H2,1-4H3;6,10-15,25,32H,3-5,7-9,16-23H2,1-2H3. The lowest BCUT2D eigenvalue weighted by atomic mass is 9.72. The van der Waals surface area contributed by atoms with E-state index in [2.05, 4.69) is 103 Å². The van der Waals surface area contributed by atoms with Gasteiger partial charge in [-0.15, -0.1) is 34.8 Å². The summed E-state index contributed by atoms with van der Waals surface area (Å²) in [5, 5.41) is 0. The van der Waals surface area contributed by atoms with E-state index in [0.29, 0.717) is 55.8 Å². The largest absolute Gasteiger partial charge is 0.494 e. The Morgan fingerprint density at radius 2 is 0.805 bits per heavy atom. The number of carbonyl (C=O) groups excluding carboxylic acids is 6. The second-order valence-electron chi connectivity index (χ2n) is 38.0. The molecular weight excluding hydrogens is 1680 g/mol. The first-order chi connectivity index (χ1) is 61.6. The molecule has 4 unspecified atom stereocenters. The van der Waals surface area contributed by atoms with Gasteiger partial charge in [0.05, 0.1) is 43.1 Å². The van der Waals surface area contributed by atoms with Crippen molar-refractivity contribution >= 4 is 81.1 Å². The molecule has 17 nitrogen and oxygen atoms in total. The maximum absolute atomic E-state index is 14.2. The van der Waals surface area contributed by atoms with Crippen molar-refractivity contribution in [1.29, 1.82) is 0 Å². The minimum Gasteiger partial charge on any atom is -0.494 e. The molecule has 23 heteroatoms. The van der Waals surface area contributed by atoms with Gasteiger partial charge in [-0.25, -0.2) is 0 Å². The first-order valence-electron chi connectivity index (χ1n) is 47.8. The van der Waals surface area contributed by atoms with E-state index in [0.717, 1.165) is 246 Å². The van der Waals surface area contributed by atoms with Crippen molar-refractivity contribution in [2.24, 2.45) is 17.8 Å². The van der Waals surface area contributed by atoms with Crippen LogP contribution in [0.3, 0.4) is 0 Å². The van der Waals surface area contributed by atoms with Crippen LogP contribution in [0.5, 0.6) is 17.2 Å². The zero-order valence-electron chi connectivity index (χ0n) is 78.1. The van der Waals surface area contributed by atoms with Crippen molar-refractivity contribution in [2.75, 3.05) is 167 Å². The molecule has 0 bridgehead atoms. The highest BCUT2D eigenvalue weighted by atomic mass is 35.5. The van der Waals surface area contributed by atoms with E-state index < -0.39 is 47.4 Å². The summed E-state index contributed by atoms with van der Waals surface area (Å²) in [6.07, 6.45) is 19.3. The van der Waals surface area contributed by atoms with Gasteiger partial charge in [0.1, 0.15) is 46.9 Å². The number of Topliss-reactive ketones (excluding diaryl/α,β-unsaturated/α-hetero) is 4. The molecule has 3 saturated carbocycles. The Balaban J connectivity index is 0.000000200. The maximum atomic E-state index is 14.2. The molecule has 0 spiro atoms. The number of alkyl halides is 6. The SMILES string of the molecule is CCCCc1ccc(N(C(=O)CCl)C(C(=O)CC2CCCCC2)c2ccc(OCCCN3CCN(C)CC3)cc2)c(C)c1.CN1CCN(CCCOc2ccc(C(C(=O)CC3CCCCC3)C(C(=O)CCl)c3cccc(C(C)(C)C)c3)cc2)CC1.Cc1c(N(C(=O)CCl)C(C(=O)CC2CCCCC2)c2ccc(OCCCN3CCN(C)CC3)cc2)cccc1C(F)(F)F. The van der Waals surface area contributed by atoms with E-state index in [9.17, 15) is 41.9 Å². The molecule has 3 saturated heterocycles. The number of aryl methyl sites for hydroxylation is 2. The second-order valence-corrected chi connectivity index (χ2v) is 38.8. The van der Waals surface area contributed by atoms with Crippen LogP contribution in [0.4, 0.5) is 24.5 Å². The fourth-order valence-corrected chi connectivity index (χ4v) is 19.8. The summed E-state index contributed by atoms with van der Waals surface area (Å²) in [6, 6.07) is 39.0. The molecule has 128 heavy (non-hydrogen) atoms. The lowest BCUT2D eigenvalue weighted by Crippen LogP contribution is -2.44. The second kappa shape index (κ2) is 52.3. The minimum absolute atomic E-state index is 0.0340. The highest BCUT2D eigenvalue weighted by Crippen LogP contribution is 2.44. The molecule has 3 aliphatic heterocycles. The zero-order valence-corrected chi connectivity index (χ0v) is 80.4. The van der Waals surface area contributed by atoms with Crippen molar-refractivity contribution in [2.45, 2.75) is 231 Å². The molecule has 0 aromatic heterocycles.